The third kappa shape index (κ3) is 4.44. The summed E-state index contributed by atoms with van der Waals surface area (Å²) in [5, 5.41) is 4.68. The van der Waals surface area contributed by atoms with Gasteiger partial charge >= 0.3 is 0 Å². The summed E-state index contributed by atoms with van der Waals surface area (Å²) in [7, 11) is 1.79. The third-order valence-corrected chi connectivity index (χ3v) is 5.01. The van der Waals surface area contributed by atoms with E-state index in [4.69, 9.17) is 20.5 Å². The lowest BCUT2D eigenvalue weighted by molar-refractivity contribution is 0.0793. The lowest BCUT2D eigenvalue weighted by Crippen LogP contribution is -2.28. The molecule has 30 heavy (non-hydrogen) atoms. The van der Waals surface area contributed by atoms with Crippen molar-refractivity contribution in [2.24, 2.45) is 0 Å². The highest BCUT2D eigenvalue weighted by Gasteiger charge is 2.20. The molecule has 0 saturated carbocycles. The summed E-state index contributed by atoms with van der Waals surface area (Å²) >= 11 is 5.94. The Labute approximate surface area is 179 Å². The minimum atomic E-state index is -0.101. The minimum absolute atomic E-state index is 0.101. The van der Waals surface area contributed by atoms with Crippen molar-refractivity contribution < 1.29 is 13.7 Å². The van der Waals surface area contributed by atoms with Crippen LogP contribution in [0.5, 0.6) is 0 Å². The molecule has 0 fully saturated rings. The van der Waals surface area contributed by atoms with Gasteiger partial charge in [-0.15, -0.1) is 0 Å². The van der Waals surface area contributed by atoms with Gasteiger partial charge < -0.3 is 13.8 Å². The Morgan fingerprint density at radius 1 is 1.07 bits per heavy atom. The summed E-state index contributed by atoms with van der Waals surface area (Å²) in [5.41, 5.74) is 1.91. The first-order valence-electron chi connectivity index (χ1n) is 9.59. The second kappa shape index (κ2) is 8.97. The standard InChI is InChI=1S/C23H20ClN3O3/c1-27(14-4-6-18-7-5-15-29-18)23(28)20-9-3-2-8-19(20)22-25-21(26-30-22)16-10-12-17(24)13-11-16/h2-3,5,7-13,15H,4,6,14H2,1H3. The van der Waals surface area contributed by atoms with E-state index in [0.29, 0.717) is 34.4 Å². The SMILES string of the molecule is CN(CCCc1ccco1)C(=O)c1ccccc1-c1nc(-c2ccc(Cl)cc2)no1. The fraction of sp³-hybridized carbons (Fsp3) is 0.174. The van der Waals surface area contributed by atoms with Gasteiger partial charge in [-0.1, -0.05) is 28.9 Å². The Morgan fingerprint density at radius 3 is 2.63 bits per heavy atom. The Hall–Kier alpha value is -3.38. The number of hydrogen-bond acceptors (Lipinski definition) is 5. The molecule has 0 saturated heterocycles. The van der Waals surface area contributed by atoms with Crippen LogP contribution < -0.4 is 0 Å². The van der Waals surface area contributed by atoms with Crippen LogP contribution in [-0.4, -0.2) is 34.5 Å². The molecular weight excluding hydrogens is 402 g/mol. The van der Waals surface area contributed by atoms with Gasteiger partial charge in [0.05, 0.1) is 17.4 Å². The van der Waals surface area contributed by atoms with Crippen molar-refractivity contribution in [2.75, 3.05) is 13.6 Å². The van der Waals surface area contributed by atoms with Crippen LogP contribution in [0, 0.1) is 0 Å². The topological polar surface area (TPSA) is 72.4 Å². The highest BCUT2D eigenvalue weighted by molar-refractivity contribution is 6.30. The van der Waals surface area contributed by atoms with Crippen molar-refractivity contribution in [2.45, 2.75) is 12.8 Å². The van der Waals surface area contributed by atoms with E-state index in [9.17, 15) is 4.79 Å². The van der Waals surface area contributed by atoms with E-state index in [-0.39, 0.29) is 5.91 Å². The predicted octanol–water partition coefficient (Wildman–Crippen LogP) is 5.35. The fourth-order valence-corrected chi connectivity index (χ4v) is 3.28. The molecule has 0 aliphatic carbocycles. The summed E-state index contributed by atoms with van der Waals surface area (Å²) in [4.78, 5) is 19.2. The van der Waals surface area contributed by atoms with Crippen molar-refractivity contribution >= 4 is 17.5 Å². The second-order valence-corrected chi connectivity index (χ2v) is 7.32. The first-order chi connectivity index (χ1) is 14.6. The molecule has 0 unspecified atom stereocenters. The van der Waals surface area contributed by atoms with E-state index in [0.717, 1.165) is 24.2 Å². The van der Waals surface area contributed by atoms with E-state index in [1.165, 1.54) is 0 Å². The summed E-state index contributed by atoms with van der Waals surface area (Å²) in [6.45, 7) is 0.605. The molecule has 0 spiro atoms. The van der Waals surface area contributed by atoms with Crippen molar-refractivity contribution in [3.05, 3.63) is 83.3 Å². The van der Waals surface area contributed by atoms with Gasteiger partial charge in [0.15, 0.2) is 0 Å². The maximum Gasteiger partial charge on any atom is 0.259 e. The molecule has 0 atom stereocenters. The van der Waals surface area contributed by atoms with Crippen LogP contribution in [0.25, 0.3) is 22.8 Å². The number of carbonyl (C=O) groups is 1. The van der Waals surface area contributed by atoms with Crippen LogP contribution in [0.1, 0.15) is 22.5 Å². The van der Waals surface area contributed by atoms with Gasteiger partial charge in [-0.3, -0.25) is 4.79 Å². The van der Waals surface area contributed by atoms with Crippen LogP contribution in [0.3, 0.4) is 0 Å². The fourth-order valence-electron chi connectivity index (χ4n) is 3.16. The molecular formula is C23H20ClN3O3. The summed E-state index contributed by atoms with van der Waals surface area (Å²) in [6, 6.07) is 18.2. The molecule has 2 aromatic heterocycles. The molecule has 0 bridgehead atoms. The normalized spacial score (nSPS) is 10.9. The molecule has 4 aromatic rings. The summed E-state index contributed by atoms with van der Waals surface area (Å²) in [5.74, 6) is 1.55. The number of aromatic nitrogens is 2. The van der Waals surface area contributed by atoms with E-state index in [2.05, 4.69) is 10.1 Å². The first kappa shape index (κ1) is 19.9. The summed E-state index contributed by atoms with van der Waals surface area (Å²) in [6.07, 6.45) is 3.24. The van der Waals surface area contributed by atoms with E-state index < -0.39 is 0 Å². The molecule has 2 heterocycles. The maximum atomic E-state index is 13.0. The third-order valence-electron chi connectivity index (χ3n) is 4.76. The number of amides is 1. The number of halogens is 1. The quantitative estimate of drug-likeness (QED) is 0.402. The Morgan fingerprint density at radius 2 is 1.87 bits per heavy atom. The molecule has 0 aliphatic heterocycles. The molecule has 152 valence electrons. The van der Waals surface area contributed by atoms with Crippen LogP contribution >= 0.6 is 11.6 Å². The molecule has 7 heteroatoms. The molecule has 6 nitrogen and oxygen atoms in total. The van der Waals surface area contributed by atoms with E-state index in [1.54, 1.807) is 36.4 Å². The Bertz CT molecular complexity index is 1120. The number of rotatable bonds is 7. The average molecular weight is 422 g/mol. The molecule has 0 radical (unpaired) electrons. The number of nitrogens with zero attached hydrogens (tertiary/aromatic N) is 3. The minimum Gasteiger partial charge on any atom is -0.469 e. The van der Waals surface area contributed by atoms with Crippen molar-refractivity contribution in [1.82, 2.24) is 15.0 Å². The predicted molar refractivity (Wildman–Crippen MR) is 114 cm³/mol. The molecule has 1 amide bonds. The van der Waals surface area contributed by atoms with Crippen molar-refractivity contribution in [3.8, 4) is 22.8 Å². The van der Waals surface area contributed by atoms with Crippen LogP contribution in [-0.2, 0) is 6.42 Å². The van der Waals surface area contributed by atoms with E-state index in [1.807, 2.05) is 42.5 Å². The lowest BCUT2D eigenvalue weighted by Gasteiger charge is -2.18. The van der Waals surface area contributed by atoms with Crippen LogP contribution in [0.2, 0.25) is 5.02 Å². The van der Waals surface area contributed by atoms with Crippen molar-refractivity contribution in [1.29, 1.82) is 0 Å². The Kier molecular flexibility index (Phi) is 5.95. The first-order valence-corrected chi connectivity index (χ1v) is 9.96. The van der Waals surface area contributed by atoms with Crippen molar-refractivity contribution in [3.63, 3.8) is 0 Å². The molecule has 4 rings (SSSR count). The zero-order chi connectivity index (χ0) is 20.9. The number of aryl methyl sites for hydroxylation is 1. The smallest absolute Gasteiger partial charge is 0.259 e. The van der Waals surface area contributed by atoms with Gasteiger partial charge in [-0.25, -0.2) is 0 Å². The number of furan rings is 1. The largest absolute Gasteiger partial charge is 0.469 e. The lowest BCUT2D eigenvalue weighted by atomic mass is 10.1. The highest BCUT2D eigenvalue weighted by Crippen LogP contribution is 2.26. The van der Waals surface area contributed by atoms with Gasteiger partial charge in [0.2, 0.25) is 5.82 Å². The molecule has 0 aliphatic rings. The van der Waals surface area contributed by atoms with Gasteiger partial charge in [-0.05, 0) is 55.0 Å². The zero-order valence-corrected chi connectivity index (χ0v) is 17.2. The summed E-state index contributed by atoms with van der Waals surface area (Å²) < 4.78 is 10.8. The molecule has 2 aromatic carbocycles. The van der Waals surface area contributed by atoms with Gasteiger partial charge in [0, 0.05) is 30.6 Å². The van der Waals surface area contributed by atoms with Gasteiger partial charge in [0.1, 0.15) is 5.76 Å². The molecule has 0 N–H and O–H groups in total. The number of carbonyl (C=O) groups excluding carboxylic acids is 1. The average Bonchev–Trinajstić information content (AvgIpc) is 3.46. The van der Waals surface area contributed by atoms with E-state index >= 15 is 0 Å². The number of benzene rings is 2. The number of hydrogen-bond donors (Lipinski definition) is 0. The zero-order valence-electron chi connectivity index (χ0n) is 16.4. The van der Waals surface area contributed by atoms with Crippen LogP contribution in [0.15, 0.2) is 75.9 Å². The highest BCUT2D eigenvalue weighted by atomic mass is 35.5. The second-order valence-electron chi connectivity index (χ2n) is 6.89. The maximum absolute atomic E-state index is 13.0. The van der Waals surface area contributed by atoms with Gasteiger partial charge in [0.25, 0.3) is 11.8 Å². The van der Waals surface area contributed by atoms with Crippen LogP contribution in [0.4, 0.5) is 0 Å². The van der Waals surface area contributed by atoms with Gasteiger partial charge in [-0.2, -0.15) is 4.98 Å². The Balaban J connectivity index is 1.50. The monoisotopic (exact) mass is 421 g/mol.